The lowest BCUT2D eigenvalue weighted by Crippen LogP contribution is -2.51. The number of furan rings is 1. The molecule has 1 unspecified atom stereocenters. The first kappa shape index (κ1) is 22.9. The summed E-state index contributed by atoms with van der Waals surface area (Å²) in [7, 11) is 1.58. The summed E-state index contributed by atoms with van der Waals surface area (Å²) in [5, 5.41) is 0. The van der Waals surface area contributed by atoms with Gasteiger partial charge in [0, 0.05) is 24.3 Å². The molecule has 7 nitrogen and oxygen atoms in total. The van der Waals surface area contributed by atoms with Gasteiger partial charge in [-0.25, -0.2) is 0 Å². The minimum atomic E-state index is -0.535. The van der Waals surface area contributed by atoms with Crippen LogP contribution in [0, 0.1) is 0 Å². The van der Waals surface area contributed by atoms with Crippen molar-refractivity contribution >= 4 is 11.8 Å². The molecule has 1 aliphatic rings. The Bertz CT molecular complexity index is 849. The standard InChI is InChI=1S/C24H32N2O5/c1-24(2,3)26(23(28)18-9-11-19(29-4)12-10-18)17-22(27)25(15-20-7-5-13-30-20)16-21-8-6-14-31-21/h5,7,9-13,21H,6,8,14-17H2,1-4H3. The van der Waals surface area contributed by atoms with Crippen LogP contribution in [0.3, 0.4) is 0 Å². The number of hydrogen-bond acceptors (Lipinski definition) is 5. The Kier molecular flexibility index (Phi) is 7.38. The van der Waals surface area contributed by atoms with Crippen LogP contribution in [-0.2, 0) is 16.1 Å². The van der Waals surface area contributed by atoms with Crippen molar-refractivity contribution < 1.29 is 23.5 Å². The minimum absolute atomic E-state index is 0.0132. The molecule has 1 aliphatic heterocycles. The molecule has 1 aromatic heterocycles. The summed E-state index contributed by atoms with van der Waals surface area (Å²) in [6.45, 7) is 7.31. The maximum Gasteiger partial charge on any atom is 0.254 e. The molecule has 1 atom stereocenters. The molecule has 1 fully saturated rings. The molecule has 7 heteroatoms. The van der Waals surface area contributed by atoms with E-state index in [1.54, 1.807) is 53.5 Å². The van der Waals surface area contributed by atoms with Crippen LogP contribution in [0.1, 0.15) is 49.7 Å². The second-order valence-electron chi connectivity index (χ2n) is 8.78. The minimum Gasteiger partial charge on any atom is -0.497 e. The van der Waals surface area contributed by atoms with Crippen molar-refractivity contribution in [1.82, 2.24) is 9.80 Å². The van der Waals surface area contributed by atoms with Gasteiger partial charge in [0.05, 0.1) is 26.0 Å². The molecule has 3 rings (SSSR count). The number of nitrogens with zero attached hydrogens (tertiary/aromatic N) is 2. The lowest BCUT2D eigenvalue weighted by molar-refractivity contribution is -0.135. The van der Waals surface area contributed by atoms with Gasteiger partial charge >= 0.3 is 0 Å². The molecule has 0 aliphatic carbocycles. The molecule has 0 saturated carbocycles. The Morgan fingerprint density at radius 1 is 1.16 bits per heavy atom. The van der Waals surface area contributed by atoms with E-state index in [-0.39, 0.29) is 24.5 Å². The molecular weight excluding hydrogens is 396 g/mol. The Hall–Kier alpha value is -2.80. The molecule has 2 heterocycles. The predicted molar refractivity (Wildman–Crippen MR) is 117 cm³/mol. The number of rotatable bonds is 8. The first-order valence-electron chi connectivity index (χ1n) is 10.7. The van der Waals surface area contributed by atoms with Crippen LogP contribution < -0.4 is 4.74 Å². The van der Waals surface area contributed by atoms with Crippen molar-refractivity contribution in [3.8, 4) is 5.75 Å². The van der Waals surface area contributed by atoms with Crippen LogP contribution in [0.15, 0.2) is 47.1 Å². The van der Waals surface area contributed by atoms with Gasteiger partial charge in [-0.15, -0.1) is 0 Å². The van der Waals surface area contributed by atoms with Crippen LogP contribution in [0.25, 0.3) is 0 Å². The van der Waals surface area contributed by atoms with E-state index in [2.05, 4.69) is 0 Å². The van der Waals surface area contributed by atoms with E-state index in [0.717, 1.165) is 19.4 Å². The summed E-state index contributed by atoms with van der Waals surface area (Å²) >= 11 is 0. The second-order valence-corrected chi connectivity index (χ2v) is 8.78. The molecule has 2 aromatic rings. The number of carbonyl (C=O) groups is 2. The number of hydrogen-bond donors (Lipinski definition) is 0. The fraction of sp³-hybridized carbons (Fsp3) is 0.500. The van der Waals surface area contributed by atoms with E-state index in [4.69, 9.17) is 13.9 Å². The molecule has 1 saturated heterocycles. The van der Waals surface area contributed by atoms with Gasteiger partial charge in [-0.05, 0) is 70.0 Å². The van der Waals surface area contributed by atoms with Gasteiger partial charge in [0.2, 0.25) is 5.91 Å². The third-order valence-corrected chi connectivity index (χ3v) is 5.41. The van der Waals surface area contributed by atoms with Crippen LogP contribution in [0.4, 0.5) is 0 Å². The van der Waals surface area contributed by atoms with Crippen molar-refractivity contribution in [3.63, 3.8) is 0 Å². The molecule has 0 radical (unpaired) electrons. The zero-order chi connectivity index (χ0) is 22.4. The average molecular weight is 429 g/mol. The number of carbonyl (C=O) groups excluding carboxylic acids is 2. The predicted octanol–water partition coefficient (Wildman–Crippen LogP) is 3.74. The summed E-state index contributed by atoms with van der Waals surface area (Å²) in [4.78, 5) is 30.0. The highest BCUT2D eigenvalue weighted by Gasteiger charge is 2.32. The number of ether oxygens (including phenoxy) is 2. The third kappa shape index (κ3) is 6.10. The molecule has 31 heavy (non-hydrogen) atoms. The highest BCUT2D eigenvalue weighted by molar-refractivity contribution is 5.97. The van der Waals surface area contributed by atoms with Gasteiger partial charge in [-0.2, -0.15) is 0 Å². The Balaban J connectivity index is 1.77. The molecule has 0 bridgehead atoms. The lowest BCUT2D eigenvalue weighted by Gasteiger charge is -2.37. The molecule has 2 amide bonds. The summed E-state index contributed by atoms with van der Waals surface area (Å²) in [5.41, 5.74) is -0.0207. The monoisotopic (exact) mass is 428 g/mol. The highest BCUT2D eigenvalue weighted by Crippen LogP contribution is 2.21. The first-order valence-corrected chi connectivity index (χ1v) is 10.7. The first-order chi connectivity index (χ1) is 14.8. The highest BCUT2D eigenvalue weighted by atomic mass is 16.5. The van der Waals surface area contributed by atoms with E-state index in [1.807, 2.05) is 26.8 Å². The fourth-order valence-electron chi connectivity index (χ4n) is 3.62. The quantitative estimate of drug-likeness (QED) is 0.641. The van der Waals surface area contributed by atoms with Gasteiger partial charge in [0.25, 0.3) is 5.91 Å². The third-order valence-electron chi connectivity index (χ3n) is 5.41. The van der Waals surface area contributed by atoms with E-state index < -0.39 is 5.54 Å². The average Bonchev–Trinajstić information content (AvgIpc) is 3.44. The van der Waals surface area contributed by atoms with Crippen molar-refractivity contribution in [2.45, 2.75) is 51.8 Å². The second kappa shape index (κ2) is 10.0. The summed E-state index contributed by atoms with van der Waals surface area (Å²) in [6.07, 6.45) is 3.53. The van der Waals surface area contributed by atoms with E-state index in [1.165, 1.54) is 0 Å². The van der Waals surface area contributed by atoms with Crippen LogP contribution in [0.2, 0.25) is 0 Å². The van der Waals surface area contributed by atoms with Gasteiger partial charge < -0.3 is 23.7 Å². The molecular formula is C24H32N2O5. The van der Waals surface area contributed by atoms with E-state index in [9.17, 15) is 9.59 Å². The normalized spacial score (nSPS) is 16.2. The molecule has 0 spiro atoms. The van der Waals surface area contributed by atoms with E-state index in [0.29, 0.717) is 30.2 Å². The van der Waals surface area contributed by atoms with Crippen LogP contribution in [0.5, 0.6) is 5.75 Å². The molecule has 0 N–H and O–H groups in total. The van der Waals surface area contributed by atoms with Crippen molar-refractivity contribution in [1.29, 1.82) is 0 Å². The van der Waals surface area contributed by atoms with Crippen molar-refractivity contribution in [2.24, 2.45) is 0 Å². The fourth-order valence-corrected chi connectivity index (χ4v) is 3.62. The van der Waals surface area contributed by atoms with Gasteiger partial charge in [0.15, 0.2) is 0 Å². The Morgan fingerprint density at radius 3 is 2.45 bits per heavy atom. The van der Waals surface area contributed by atoms with E-state index >= 15 is 0 Å². The maximum absolute atomic E-state index is 13.4. The van der Waals surface area contributed by atoms with Crippen molar-refractivity contribution in [2.75, 3.05) is 26.8 Å². The number of benzene rings is 1. The topological polar surface area (TPSA) is 72.2 Å². The number of amides is 2. The molecule has 1 aromatic carbocycles. The SMILES string of the molecule is COc1ccc(C(=O)N(CC(=O)N(Cc2ccco2)CC2CCCO2)C(C)(C)C)cc1. The number of methoxy groups -OCH3 is 1. The Morgan fingerprint density at radius 2 is 1.90 bits per heavy atom. The largest absolute Gasteiger partial charge is 0.497 e. The summed E-state index contributed by atoms with van der Waals surface area (Å²) in [5.74, 6) is 1.05. The van der Waals surface area contributed by atoms with Crippen molar-refractivity contribution in [3.05, 3.63) is 54.0 Å². The smallest absolute Gasteiger partial charge is 0.254 e. The van der Waals surface area contributed by atoms with Crippen LogP contribution in [-0.4, -0.2) is 60.1 Å². The lowest BCUT2D eigenvalue weighted by atomic mass is 10.0. The zero-order valence-electron chi connectivity index (χ0n) is 18.8. The van der Waals surface area contributed by atoms with Crippen LogP contribution >= 0.6 is 0 Å². The zero-order valence-corrected chi connectivity index (χ0v) is 18.8. The molecule has 168 valence electrons. The summed E-state index contributed by atoms with van der Waals surface area (Å²) < 4.78 is 16.4. The summed E-state index contributed by atoms with van der Waals surface area (Å²) in [6, 6.07) is 10.6. The van der Waals surface area contributed by atoms with Gasteiger partial charge in [-0.1, -0.05) is 0 Å². The maximum atomic E-state index is 13.4. The van der Waals surface area contributed by atoms with Gasteiger partial charge in [-0.3, -0.25) is 9.59 Å². The van der Waals surface area contributed by atoms with Gasteiger partial charge in [0.1, 0.15) is 18.1 Å². The Labute approximate surface area is 183 Å².